The number of rotatable bonds is 2. The van der Waals surface area contributed by atoms with E-state index in [1.807, 2.05) is 0 Å². The van der Waals surface area contributed by atoms with Crippen LogP contribution in [0.4, 0.5) is 0 Å². The Kier molecular flexibility index (Phi) is 2.70. The predicted octanol–water partition coefficient (Wildman–Crippen LogP) is 2.34. The molecule has 2 aromatic rings. The van der Waals surface area contributed by atoms with Crippen LogP contribution in [-0.2, 0) is 0 Å². The molecule has 2 rings (SSSR count). The summed E-state index contributed by atoms with van der Waals surface area (Å²) in [4.78, 5) is 15.5. The number of hydrogen-bond acceptors (Lipinski definition) is 3. The van der Waals surface area contributed by atoms with Gasteiger partial charge in [-0.1, -0.05) is 23.2 Å². The number of aromatic nitrogens is 3. The van der Waals surface area contributed by atoms with Gasteiger partial charge in [0.15, 0.2) is 5.82 Å². The number of halogens is 2. The lowest BCUT2D eigenvalue weighted by molar-refractivity contribution is 0.103. The van der Waals surface area contributed by atoms with Gasteiger partial charge in [-0.2, -0.15) is 5.10 Å². The molecule has 76 valence electrons. The Morgan fingerprint density at radius 2 is 2.13 bits per heavy atom. The van der Waals surface area contributed by atoms with Crippen LogP contribution in [0.5, 0.6) is 0 Å². The molecule has 0 fully saturated rings. The third kappa shape index (κ3) is 2.00. The number of hydrogen-bond donors (Lipinski definition) is 1. The number of aromatic amines is 1. The molecule has 0 bridgehead atoms. The van der Waals surface area contributed by atoms with Gasteiger partial charge in [-0.05, 0) is 18.2 Å². The summed E-state index contributed by atoms with van der Waals surface area (Å²) in [7, 11) is 0. The summed E-state index contributed by atoms with van der Waals surface area (Å²) in [5, 5.41) is 6.84. The van der Waals surface area contributed by atoms with Crippen molar-refractivity contribution in [3.8, 4) is 0 Å². The summed E-state index contributed by atoms with van der Waals surface area (Å²) in [6, 6.07) is 4.65. The molecule has 0 saturated carbocycles. The topological polar surface area (TPSA) is 58.6 Å². The van der Waals surface area contributed by atoms with E-state index in [2.05, 4.69) is 15.2 Å². The standard InChI is InChI=1S/C9H5Cl2N3O/c10-5-1-2-6(7(11)3-5)8(15)9-12-4-13-14-9/h1-4H,(H,12,13,14). The molecule has 0 amide bonds. The first-order valence-electron chi connectivity index (χ1n) is 4.03. The maximum atomic E-state index is 11.8. The van der Waals surface area contributed by atoms with Crippen molar-refractivity contribution in [1.29, 1.82) is 0 Å². The molecule has 0 atom stereocenters. The molecule has 4 nitrogen and oxygen atoms in total. The van der Waals surface area contributed by atoms with Gasteiger partial charge in [-0.3, -0.25) is 9.89 Å². The van der Waals surface area contributed by atoms with Crippen molar-refractivity contribution in [1.82, 2.24) is 15.2 Å². The number of H-pyrrole nitrogens is 1. The van der Waals surface area contributed by atoms with Crippen LogP contribution in [-0.4, -0.2) is 21.0 Å². The van der Waals surface area contributed by atoms with Crippen LogP contribution in [0.1, 0.15) is 16.2 Å². The SMILES string of the molecule is O=C(c1ncn[nH]1)c1ccc(Cl)cc1Cl. The molecule has 1 N–H and O–H groups in total. The van der Waals surface area contributed by atoms with Crippen LogP contribution in [0.3, 0.4) is 0 Å². The minimum absolute atomic E-state index is 0.152. The van der Waals surface area contributed by atoms with Gasteiger partial charge in [-0.15, -0.1) is 0 Å². The fraction of sp³-hybridized carbons (Fsp3) is 0. The van der Waals surface area contributed by atoms with Gasteiger partial charge in [-0.25, -0.2) is 4.98 Å². The van der Waals surface area contributed by atoms with Crippen LogP contribution >= 0.6 is 23.2 Å². The highest BCUT2D eigenvalue weighted by Crippen LogP contribution is 2.22. The summed E-state index contributed by atoms with van der Waals surface area (Å²) >= 11 is 11.6. The Bertz CT molecular complexity index is 496. The zero-order valence-electron chi connectivity index (χ0n) is 7.37. The minimum atomic E-state index is -0.311. The summed E-state index contributed by atoms with van der Waals surface area (Å²) in [6.07, 6.45) is 1.26. The molecule has 1 aromatic carbocycles. The van der Waals surface area contributed by atoms with E-state index in [0.717, 1.165) is 0 Å². The number of carbonyl (C=O) groups excluding carboxylic acids is 1. The lowest BCUT2D eigenvalue weighted by Crippen LogP contribution is -2.04. The molecule has 6 heteroatoms. The second kappa shape index (κ2) is 4.00. The molecule has 0 unspecified atom stereocenters. The molecule has 0 spiro atoms. The first kappa shape index (κ1) is 10.1. The Morgan fingerprint density at radius 1 is 1.33 bits per heavy atom. The summed E-state index contributed by atoms with van der Waals surface area (Å²) in [5.41, 5.74) is 0.345. The van der Waals surface area contributed by atoms with Gasteiger partial charge in [0, 0.05) is 10.6 Å². The molecule has 0 aliphatic carbocycles. The molecule has 1 heterocycles. The largest absolute Gasteiger partial charge is 0.285 e. The molecular weight excluding hydrogens is 237 g/mol. The first-order chi connectivity index (χ1) is 7.18. The zero-order valence-corrected chi connectivity index (χ0v) is 8.88. The third-order valence-corrected chi connectivity index (χ3v) is 2.35. The zero-order chi connectivity index (χ0) is 10.8. The van der Waals surface area contributed by atoms with Crippen molar-refractivity contribution in [3.63, 3.8) is 0 Å². The Balaban J connectivity index is 2.42. The van der Waals surface area contributed by atoms with Crippen molar-refractivity contribution < 1.29 is 4.79 Å². The molecule has 0 radical (unpaired) electrons. The van der Waals surface area contributed by atoms with Gasteiger partial charge >= 0.3 is 0 Å². The lowest BCUT2D eigenvalue weighted by Gasteiger charge is -2.00. The molecular formula is C9H5Cl2N3O. The number of benzene rings is 1. The molecule has 15 heavy (non-hydrogen) atoms. The van der Waals surface area contributed by atoms with Crippen molar-refractivity contribution in [2.75, 3.05) is 0 Å². The van der Waals surface area contributed by atoms with E-state index < -0.39 is 0 Å². The van der Waals surface area contributed by atoms with Gasteiger partial charge in [0.2, 0.25) is 5.78 Å². The Labute approximate surface area is 95.2 Å². The first-order valence-corrected chi connectivity index (χ1v) is 4.79. The van der Waals surface area contributed by atoms with Gasteiger partial charge in [0.25, 0.3) is 0 Å². The predicted molar refractivity (Wildman–Crippen MR) is 56.3 cm³/mol. The van der Waals surface area contributed by atoms with Crippen molar-refractivity contribution in [2.45, 2.75) is 0 Å². The van der Waals surface area contributed by atoms with Crippen molar-refractivity contribution >= 4 is 29.0 Å². The van der Waals surface area contributed by atoms with Gasteiger partial charge < -0.3 is 0 Å². The summed E-state index contributed by atoms with van der Waals surface area (Å²) in [5.74, 6) is -0.159. The van der Waals surface area contributed by atoms with Gasteiger partial charge in [0.1, 0.15) is 6.33 Å². The summed E-state index contributed by atoms with van der Waals surface area (Å²) < 4.78 is 0. The number of nitrogens with zero attached hydrogens (tertiary/aromatic N) is 2. The minimum Gasteiger partial charge on any atom is -0.285 e. The van der Waals surface area contributed by atoms with Crippen molar-refractivity contribution in [3.05, 3.63) is 46.0 Å². The van der Waals surface area contributed by atoms with Crippen LogP contribution in [0, 0.1) is 0 Å². The van der Waals surface area contributed by atoms with Crippen molar-refractivity contribution in [2.24, 2.45) is 0 Å². The van der Waals surface area contributed by atoms with E-state index >= 15 is 0 Å². The average Bonchev–Trinajstić information content (AvgIpc) is 2.69. The van der Waals surface area contributed by atoms with Crippen LogP contribution < -0.4 is 0 Å². The third-order valence-electron chi connectivity index (χ3n) is 1.81. The van der Waals surface area contributed by atoms with E-state index in [1.54, 1.807) is 12.1 Å². The highest BCUT2D eigenvalue weighted by molar-refractivity contribution is 6.37. The maximum Gasteiger partial charge on any atom is 0.231 e. The van der Waals surface area contributed by atoms with E-state index in [-0.39, 0.29) is 11.6 Å². The average molecular weight is 242 g/mol. The second-order valence-corrected chi connectivity index (χ2v) is 3.63. The fourth-order valence-corrected chi connectivity index (χ4v) is 1.61. The highest BCUT2D eigenvalue weighted by atomic mass is 35.5. The van der Waals surface area contributed by atoms with E-state index in [1.165, 1.54) is 12.4 Å². The molecule has 0 aliphatic heterocycles. The second-order valence-electron chi connectivity index (χ2n) is 2.79. The Morgan fingerprint density at radius 3 is 2.73 bits per heavy atom. The van der Waals surface area contributed by atoms with Crippen LogP contribution in [0.2, 0.25) is 10.0 Å². The van der Waals surface area contributed by atoms with Gasteiger partial charge in [0.05, 0.1) is 5.02 Å². The van der Waals surface area contributed by atoms with E-state index in [0.29, 0.717) is 15.6 Å². The smallest absolute Gasteiger partial charge is 0.231 e. The van der Waals surface area contributed by atoms with Crippen LogP contribution in [0.15, 0.2) is 24.5 Å². The van der Waals surface area contributed by atoms with E-state index in [9.17, 15) is 4.79 Å². The highest BCUT2D eigenvalue weighted by Gasteiger charge is 2.15. The Hall–Kier alpha value is -1.39. The molecule has 0 aliphatic rings. The maximum absolute atomic E-state index is 11.8. The lowest BCUT2D eigenvalue weighted by atomic mass is 10.1. The monoisotopic (exact) mass is 241 g/mol. The van der Waals surface area contributed by atoms with E-state index in [4.69, 9.17) is 23.2 Å². The number of carbonyl (C=O) groups is 1. The number of nitrogens with one attached hydrogen (secondary N) is 1. The molecule has 0 saturated heterocycles. The molecule has 1 aromatic heterocycles. The summed E-state index contributed by atoms with van der Waals surface area (Å²) in [6.45, 7) is 0. The quantitative estimate of drug-likeness (QED) is 0.822. The fourth-order valence-electron chi connectivity index (χ4n) is 1.12. The normalized spacial score (nSPS) is 10.3. The number of ketones is 1. The van der Waals surface area contributed by atoms with Crippen LogP contribution in [0.25, 0.3) is 0 Å².